The number of nitrogen functional groups attached to an aromatic ring is 1. The van der Waals surface area contributed by atoms with Crippen LogP contribution in [0.2, 0.25) is 0 Å². The van der Waals surface area contributed by atoms with Gasteiger partial charge in [0.2, 0.25) is 0 Å². The molecule has 0 unspecified atom stereocenters. The van der Waals surface area contributed by atoms with Crippen LogP contribution in [0.5, 0.6) is 0 Å². The molecule has 1 aromatic carbocycles. The van der Waals surface area contributed by atoms with E-state index in [9.17, 15) is 0 Å². The lowest BCUT2D eigenvalue weighted by atomic mass is 9.97. The molecule has 6 heteroatoms. The van der Waals surface area contributed by atoms with Gasteiger partial charge in [-0.15, -0.1) is 0 Å². The maximum absolute atomic E-state index is 5.83. The van der Waals surface area contributed by atoms with Crippen LogP contribution in [0.4, 0.5) is 11.4 Å². The number of anilines is 2. The smallest absolute Gasteiger partial charge is 0.160 e. The van der Waals surface area contributed by atoms with Crippen molar-refractivity contribution < 1.29 is 4.63 Å². The van der Waals surface area contributed by atoms with Crippen molar-refractivity contribution in [3.8, 4) is 0 Å². The minimum atomic E-state index is 0.598. The van der Waals surface area contributed by atoms with E-state index in [4.69, 9.17) is 10.4 Å². The lowest BCUT2D eigenvalue weighted by Crippen LogP contribution is -2.32. The molecule has 0 atom stereocenters. The summed E-state index contributed by atoms with van der Waals surface area (Å²) in [6.07, 6.45) is 2.47. The van der Waals surface area contributed by atoms with Crippen molar-refractivity contribution in [2.24, 2.45) is 5.92 Å². The molecule has 1 aliphatic rings. The quantitative estimate of drug-likeness (QED) is 0.816. The van der Waals surface area contributed by atoms with Gasteiger partial charge in [-0.1, -0.05) is 0 Å². The van der Waals surface area contributed by atoms with Crippen LogP contribution in [-0.4, -0.2) is 41.9 Å². The molecule has 0 bridgehead atoms. The third-order valence-corrected chi connectivity index (χ3v) is 3.87. The standard InChI is InChI=1S/C13H19N5O/c1-18-6-4-9(5-7-18)8-15-11-3-2-10(14)12-13(11)17-19-16-12/h2-3,9,15H,4-8,14H2,1H3. The first-order valence-corrected chi connectivity index (χ1v) is 6.67. The van der Waals surface area contributed by atoms with Gasteiger partial charge >= 0.3 is 0 Å². The van der Waals surface area contributed by atoms with Crippen molar-refractivity contribution in [2.45, 2.75) is 12.8 Å². The van der Waals surface area contributed by atoms with E-state index < -0.39 is 0 Å². The molecule has 1 aromatic heterocycles. The number of benzene rings is 1. The third-order valence-electron chi connectivity index (χ3n) is 3.87. The fourth-order valence-corrected chi connectivity index (χ4v) is 2.55. The van der Waals surface area contributed by atoms with E-state index in [1.807, 2.05) is 12.1 Å². The van der Waals surface area contributed by atoms with Gasteiger partial charge in [-0.2, -0.15) is 0 Å². The van der Waals surface area contributed by atoms with Gasteiger partial charge in [-0.25, -0.2) is 4.63 Å². The third kappa shape index (κ3) is 2.49. The normalized spacial score (nSPS) is 17.9. The number of hydrogen-bond acceptors (Lipinski definition) is 6. The number of aromatic nitrogens is 2. The number of nitrogens with one attached hydrogen (secondary N) is 1. The highest BCUT2D eigenvalue weighted by Gasteiger charge is 2.17. The van der Waals surface area contributed by atoms with Gasteiger partial charge in [-0.05, 0) is 61.3 Å². The lowest BCUT2D eigenvalue weighted by molar-refractivity contribution is 0.226. The molecule has 0 radical (unpaired) electrons. The fraction of sp³-hybridized carbons (Fsp3) is 0.538. The molecule has 1 aliphatic heterocycles. The molecule has 0 amide bonds. The van der Waals surface area contributed by atoms with Crippen molar-refractivity contribution in [3.63, 3.8) is 0 Å². The topological polar surface area (TPSA) is 80.2 Å². The first-order chi connectivity index (χ1) is 9.24. The number of likely N-dealkylation sites (tertiary alicyclic amines) is 1. The minimum Gasteiger partial charge on any atom is -0.397 e. The Kier molecular flexibility index (Phi) is 3.25. The molecule has 2 aromatic rings. The van der Waals surface area contributed by atoms with Gasteiger partial charge in [0, 0.05) is 6.54 Å². The maximum Gasteiger partial charge on any atom is 0.160 e. The van der Waals surface area contributed by atoms with E-state index in [0.717, 1.165) is 12.2 Å². The zero-order valence-electron chi connectivity index (χ0n) is 11.1. The highest BCUT2D eigenvalue weighted by molar-refractivity contribution is 5.94. The summed E-state index contributed by atoms with van der Waals surface area (Å²) in [5.41, 5.74) is 8.72. The largest absolute Gasteiger partial charge is 0.397 e. The van der Waals surface area contributed by atoms with Crippen molar-refractivity contribution in [3.05, 3.63) is 12.1 Å². The Balaban J connectivity index is 1.69. The zero-order valence-corrected chi connectivity index (χ0v) is 11.1. The van der Waals surface area contributed by atoms with Crippen LogP contribution in [-0.2, 0) is 0 Å². The highest BCUT2D eigenvalue weighted by Crippen LogP contribution is 2.26. The van der Waals surface area contributed by atoms with Crippen LogP contribution in [0, 0.1) is 5.92 Å². The molecule has 0 aliphatic carbocycles. The summed E-state index contributed by atoms with van der Waals surface area (Å²) >= 11 is 0. The molecule has 19 heavy (non-hydrogen) atoms. The van der Waals surface area contributed by atoms with Gasteiger partial charge in [0.15, 0.2) is 11.0 Å². The number of rotatable bonds is 3. The second-order valence-electron chi connectivity index (χ2n) is 5.29. The Bertz CT molecular complexity index is 559. The van der Waals surface area contributed by atoms with E-state index in [2.05, 4.69) is 27.6 Å². The van der Waals surface area contributed by atoms with Crippen molar-refractivity contribution in [1.82, 2.24) is 15.2 Å². The van der Waals surface area contributed by atoms with Crippen molar-refractivity contribution >= 4 is 22.4 Å². The summed E-state index contributed by atoms with van der Waals surface area (Å²) in [6, 6.07) is 3.78. The first-order valence-electron chi connectivity index (χ1n) is 6.67. The monoisotopic (exact) mass is 261 g/mol. The molecule has 1 fully saturated rings. The molecule has 0 saturated carbocycles. The van der Waals surface area contributed by atoms with Crippen molar-refractivity contribution in [1.29, 1.82) is 0 Å². The summed E-state index contributed by atoms with van der Waals surface area (Å²) in [7, 11) is 2.17. The SMILES string of the molecule is CN1CCC(CNc2ccc(N)c3nonc23)CC1. The number of fused-ring (bicyclic) bond motifs is 1. The lowest BCUT2D eigenvalue weighted by Gasteiger charge is -2.29. The maximum atomic E-state index is 5.83. The summed E-state index contributed by atoms with van der Waals surface area (Å²) in [5, 5.41) is 11.2. The van der Waals surface area contributed by atoms with Crippen LogP contribution in [0.1, 0.15) is 12.8 Å². The van der Waals surface area contributed by atoms with Gasteiger partial charge in [-0.3, -0.25) is 0 Å². The summed E-state index contributed by atoms with van der Waals surface area (Å²) in [5.74, 6) is 0.712. The Morgan fingerprint density at radius 3 is 2.84 bits per heavy atom. The number of hydrogen-bond donors (Lipinski definition) is 2. The van der Waals surface area contributed by atoms with E-state index in [-0.39, 0.29) is 0 Å². The van der Waals surface area contributed by atoms with E-state index >= 15 is 0 Å². The fourth-order valence-electron chi connectivity index (χ4n) is 2.55. The van der Waals surface area contributed by atoms with E-state index in [0.29, 0.717) is 22.6 Å². The predicted molar refractivity (Wildman–Crippen MR) is 74.9 cm³/mol. The highest BCUT2D eigenvalue weighted by atomic mass is 16.6. The van der Waals surface area contributed by atoms with E-state index in [1.165, 1.54) is 25.9 Å². The average molecular weight is 261 g/mol. The number of nitrogens with two attached hydrogens (primary N) is 1. The molecule has 102 valence electrons. The second kappa shape index (κ2) is 5.05. The molecule has 1 saturated heterocycles. The van der Waals surface area contributed by atoms with Crippen LogP contribution in [0.15, 0.2) is 16.8 Å². The molecule has 0 spiro atoms. The summed E-state index contributed by atoms with van der Waals surface area (Å²) in [4.78, 5) is 2.37. The molecule has 6 nitrogen and oxygen atoms in total. The molecule has 3 rings (SSSR count). The van der Waals surface area contributed by atoms with Gasteiger partial charge < -0.3 is 16.0 Å². The van der Waals surface area contributed by atoms with Crippen LogP contribution < -0.4 is 11.1 Å². The Morgan fingerprint density at radius 1 is 1.32 bits per heavy atom. The molecule has 2 heterocycles. The average Bonchev–Trinajstić information content (AvgIpc) is 2.90. The van der Waals surface area contributed by atoms with Gasteiger partial charge in [0.25, 0.3) is 0 Å². The minimum absolute atomic E-state index is 0.598. The number of piperidine rings is 1. The second-order valence-corrected chi connectivity index (χ2v) is 5.29. The van der Waals surface area contributed by atoms with Gasteiger partial charge in [0.05, 0.1) is 11.4 Å². The number of nitrogens with zero attached hydrogens (tertiary/aromatic N) is 3. The van der Waals surface area contributed by atoms with Crippen molar-refractivity contribution in [2.75, 3.05) is 37.7 Å². The van der Waals surface area contributed by atoms with Crippen LogP contribution >= 0.6 is 0 Å². The van der Waals surface area contributed by atoms with Crippen LogP contribution in [0.3, 0.4) is 0 Å². The summed E-state index contributed by atoms with van der Waals surface area (Å²) < 4.78 is 4.77. The Morgan fingerprint density at radius 2 is 2.05 bits per heavy atom. The predicted octanol–water partition coefficient (Wildman–Crippen LogP) is 1.56. The Hall–Kier alpha value is -1.82. The molecular formula is C13H19N5O. The Labute approximate surface area is 111 Å². The zero-order chi connectivity index (χ0) is 13.2. The van der Waals surface area contributed by atoms with E-state index in [1.54, 1.807) is 0 Å². The van der Waals surface area contributed by atoms with Crippen LogP contribution in [0.25, 0.3) is 11.0 Å². The molecule has 3 N–H and O–H groups in total. The summed E-state index contributed by atoms with van der Waals surface area (Å²) in [6.45, 7) is 3.31. The molecular weight excluding hydrogens is 242 g/mol. The first kappa shape index (κ1) is 12.2. The van der Waals surface area contributed by atoms with Gasteiger partial charge in [0.1, 0.15) is 0 Å².